The van der Waals surface area contributed by atoms with E-state index >= 15 is 0 Å². The number of fused-ring (bicyclic) bond motifs is 4. The van der Waals surface area contributed by atoms with Crippen LogP contribution in [-0.4, -0.2) is 104 Å². The molecular formula is C36H58O11. The van der Waals surface area contributed by atoms with Gasteiger partial charge in [0, 0.05) is 5.41 Å². The van der Waals surface area contributed by atoms with Crippen LogP contribution in [0.1, 0.15) is 99.8 Å². The lowest BCUT2D eigenvalue weighted by molar-refractivity contribution is -0.303. The second-order valence-electron chi connectivity index (χ2n) is 18.3. The molecule has 0 aromatic rings. The van der Waals surface area contributed by atoms with Gasteiger partial charge in [-0.2, -0.15) is 0 Å². The van der Waals surface area contributed by atoms with E-state index in [1.54, 1.807) is 13.8 Å². The van der Waals surface area contributed by atoms with Crippen molar-refractivity contribution in [2.24, 2.45) is 50.7 Å². The quantitative estimate of drug-likeness (QED) is 0.187. The Balaban J connectivity index is 1.13. The number of rotatable bonds is 5. The predicted molar refractivity (Wildman–Crippen MR) is 168 cm³/mol. The largest absolute Gasteiger partial charge is 0.506 e. The van der Waals surface area contributed by atoms with E-state index in [1.807, 2.05) is 0 Å². The van der Waals surface area contributed by atoms with Gasteiger partial charge >= 0.3 is 6.16 Å². The van der Waals surface area contributed by atoms with Crippen molar-refractivity contribution < 1.29 is 54.4 Å². The molecular weight excluding hydrogens is 608 g/mol. The fraction of sp³-hybridized carbons (Fsp3) is 0.972. The van der Waals surface area contributed by atoms with Crippen molar-refractivity contribution in [2.45, 2.75) is 161 Å². The van der Waals surface area contributed by atoms with Crippen LogP contribution in [0.2, 0.25) is 0 Å². The number of hydrogen-bond acceptors (Lipinski definition) is 10. The van der Waals surface area contributed by atoms with E-state index in [0.717, 1.165) is 44.9 Å². The van der Waals surface area contributed by atoms with E-state index in [-0.39, 0.29) is 51.6 Å². The summed E-state index contributed by atoms with van der Waals surface area (Å²) in [5, 5.41) is 63.8. The zero-order valence-corrected chi connectivity index (χ0v) is 29.1. The lowest BCUT2D eigenvalue weighted by Gasteiger charge is -2.64. The Labute approximate surface area is 278 Å². The van der Waals surface area contributed by atoms with Crippen molar-refractivity contribution in [2.75, 3.05) is 6.61 Å². The molecule has 2 spiro atoms. The third kappa shape index (κ3) is 4.42. The van der Waals surface area contributed by atoms with Crippen LogP contribution < -0.4 is 0 Å². The highest BCUT2D eigenvalue weighted by molar-refractivity contribution is 5.57. The summed E-state index contributed by atoms with van der Waals surface area (Å²) < 4.78 is 23.8. The maximum Gasteiger partial charge on any atom is 0.506 e. The number of ether oxygens (including phenoxy) is 4. The molecule has 0 aromatic carbocycles. The van der Waals surface area contributed by atoms with Gasteiger partial charge in [-0.05, 0) is 111 Å². The monoisotopic (exact) mass is 666 g/mol. The molecule has 6 N–H and O–H groups in total. The molecule has 2 aliphatic heterocycles. The van der Waals surface area contributed by atoms with Gasteiger partial charge in [0.05, 0.1) is 31.0 Å². The highest BCUT2D eigenvalue weighted by atomic mass is 16.7. The molecule has 2 unspecified atom stereocenters. The van der Waals surface area contributed by atoms with Gasteiger partial charge in [-0.15, -0.1) is 0 Å². The van der Waals surface area contributed by atoms with Crippen LogP contribution in [0.25, 0.3) is 0 Å². The molecule has 7 aliphatic rings. The molecule has 268 valence electrons. The Kier molecular flexibility index (Phi) is 7.85. The van der Waals surface area contributed by atoms with Crippen molar-refractivity contribution in [1.82, 2.24) is 0 Å². The summed E-state index contributed by atoms with van der Waals surface area (Å²) in [6.45, 7) is 14.5. The summed E-state index contributed by atoms with van der Waals surface area (Å²) in [7, 11) is 0. The first kappa shape index (κ1) is 34.4. The Morgan fingerprint density at radius 2 is 1.60 bits per heavy atom. The van der Waals surface area contributed by atoms with E-state index < -0.39 is 60.8 Å². The van der Waals surface area contributed by atoms with Crippen LogP contribution >= 0.6 is 0 Å². The summed E-state index contributed by atoms with van der Waals surface area (Å²) >= 11 is 0. The Hall–Kier alpha value is -1.05. The van der Waals surface area contributed by atoms with E-state index in [1.165, 1.54) is 0 Å². The molecule has 0 aromatic heterocycles. The van der Waals surface area contributed by atoms with Crippen molar-refractivity contribution in [1.29, 1.82) is 0 Å². The van der Waals surface area contributed by atoms with Gasteiger partial charge in [0.15, 0.2) is 6.29 Å². The summed E-state index contributed by atoms with van der Waals surface area (Å²) in [4.78, 5) is 11.4. The fourth-order valence-electron chi connectivity index (χ4n) is 13.6. The summed E-state index contributed by atoms with van der Waals surface area (Å²) in [6.07, 6.45) is -1.63. The maximum atomic E-state index is 12.4. The second kappa shape index (κ2) is 10.7. The van der Waals surface area contributed by atoms with E-state index in [2.05, 4.69) is 34.6 Å². The smallest absolute Gasteiger partial charge is 0.450 e. The summed E-state index contributed by atoms with van der Waals surface area (Å²) in [5.41, 5.74) is -1.81. The Bertz CT molecular complexity index is 1260. The predicted octanol–water partition coefficient (Wildman–Crippen LogP) is 3.46. The molecule has 0 amide bonds. The molecule has 47 heavy (non-hydrogen) atoms. The van der Waals surface area contributed by atoms with Gasteiger partial charge < -0.3 is 49.6 Å². The Morgan fingerprint density at radius 1 is 0.936 bits per heavy atom. The van der Waals surface area contributed by atoms with Crippen molar-refractivity contribution >= 4 is 6.16 Å². The molecule has 5 saturated carbocycles. The molecule has 17 atom stereocenters. The van der Waals surface area contributed by atoms with Gasteiger partial charge in [-0.25, -0.2) is 4.79 Å². The van der Waals surface area contributed by atoms with Crippen molar-refractivity contribution in [3.63, 3.8) is 0 Å². The average molecular weight is 667 g/mol. The second-order valence-corrected chi connectivity index (χ2v) is 18.3. The molecule has 7 fully saturated rings. The molecule has 11 heteroatoms. The molecule has 2 heterocycles. The van der Waals surface area contributed by atoms with Crippen LogP contribution in [0, 0.1) is 50.7 Å². The number of aliphatic hydroxyl groups is 5. The van der Waals surface area contributed by atoms with Gasteiger partial charge in [-0.1, -0.05) is 34.6 Å². The van der Waals surface area contributed by atoms with Crippen LogP contribution in [0.3, 0.4) is 0 Å². The zero-order valence-electron chi connectivity index (χ0n) is 29.1. The van der Waals surface area contributed by atoms with Crippen LogP contribution in [0.15, 0.2) is 0 Å². The average Bonchev–Trinajstić information content (AvgIpc) is 3.62. The van der Waals surface area contributed by atoms with Gasteiger partial charge in [0.2, 0.25) is 0 Å². The van der Waals surface area contributed by atoms with Crippen LogP contribution in [0.5, 0.6) is 0 Å². The number of aliphatic hydroxyl groups excluding tert-OH is 5. The van der Waals surface area contributed by atoms with Gasteiger partial charge in [0.1, 0.15) is 30.0 Å². The van der Waals surface area contributed by atoms with Crippen LogP contribution in [0.4, 0.5) is 4.79 Å². The minimum Gasteiger partial charge on any atom is -0.450 e. The first-order chi connectivity index (χ1) is 21.8. The summed E-state index contributed by atoms with van der Waals surface area (Å²) in [6, 6.07) is 0. The molecule has 5 aliphatic carbocycles. The number of carbonyl (C=O) groups is 1. The molecule has 0 bridgehead atoms. The van der Waals surface area contributed by atoms with Crippen molar-refractivity contribution in [3.05, 3.63) is 0 Å². The summed E-state index contributed by atoms with van der Waals surface area (Å²) in [5.74, 6) is 1.01. The van der Waals surface area contributed by atoms with E-state index in [9.17, 15) is 35.4 Å². The SMILES string of the molecule is C[C@@H]1C[C@H]([C@H](O)C(C)(C)OC(=O)O)OC2C1[C@@]1(C)CC[C@@]34C[C@@]35CC[C@H](O[C@@H]3OC[C@@H](O)[C@H](O)[C@H]3O)C(C)(C)[C@@H]5CC[C@H]4[C@]1(C)[C@H]2O. The third-order valence-corrected chi connectivity index (χ3v) is 15.9. The topological polar surface area (TPSA) is 175 Å². The molecule has 11 nitrogen and oxygen atoms in total. The minimum absolute atomic E-state index is 0.0776. The fourth-order valence-corrected chi connectivity index (χ4v) is 13.6. The highest BCUT2D eigenvalue weighted by Crippen LogP contribution is 2.89. The first-order valence-corrected chi connectivity index (χ1v) is 18.0. The highest BCUT2D eigenvalue weighted by Gasteiger charge is 2.84. The number of hydrogen-bond donors (Lipinski definition) is 6. The minimum atomic E-state index is -1.44. The zero-order chi connectivity index (χ0) is 34.3. The van der Waals surface area contributed by atoms with Crippen molar-refractivity contribution in [3.8, 4) is 0 Å². The third-order valence-electron chi connectivity index (χ3n) is 15.9. The lowest BCUT2D eigenvalue weighted by atomic mass is 9.41. The van der Waals surface area contributed by atoms with Gasteiger partial charge in [-0.3, -0.25) is 0 Å². The molecule has 2 saturated heterocycles. The normalized spacial score (nSPS) is 55.4. The van der Waals surface area contributed by atoms with E-state index in [0.29, 0.717) is 18.3 Å². The molecule has 0 radical (unpaired) electrons. The van der Waals surface area contributed by atoms with Gasteiger partial charge in [0.25, 0.3) is 0 Å². The number of carboxylic acid groups (broad SMARTS) is 1. The lowest BCUT2D eigenvalue weighted by Crippen LogP contribution is -2.61. The Morgan fingerprint density at radius 3 is 2.28 bits per heavy atom. The first-order valence-electron chi connectivity index (χ1n) is 18.0. The van der Waals surface area contributed by atoms with E-state index in [4.69, 9.17) is 18.9 Å². The standard InChI is InChI=1S/C36H58O11/c1-17-14-19(27(40)32(4,5)47-30(42)43)45-26-23(17)33(6)12-13-36-16-35(36)11-10-22(46-29-25(39)24(38)18(37)15-44-29)31(2,3)20(35)8-9-21(36)34(33,7)28(26)41/h17-29,37-41H,8-16H2,1-7H3,(H,42,43)/t17-,18-,19-,20+,21+,22+,23?,24+,25-,26?,27+,28+,29+,33-,34-,35-,36+/m1/s1. The maximum absolute atomic E-state index is 12.4. The van der Waals surface area contributed by atoms with Crippen LogP contribution in [-0.2, 0) is 18.9 Å². The molecule has 7 rings (SSSR count).